The van der Waals surface area contributed by atoms with Gasteiger partial charge in [-0.05, 0) is 43.2 Å². The van der Waals surface area contributed by atoms with E-state index in [0.29, 0.717) is 11.2 Å². The molecule has 0 spiro atoms. The van der Waals surface area contributed by atoms with E-state index >= 15 is 0 Å². The molecular formula is C12H18ClN3. The highest BCUT2D eigenvalue weighted by Gasteiger charge is 2.24. The SMILES string of the molecule is CC1CCC(Nc2ccc(Cl)nn2)CC1C. The van der Waals surface area contributed by atoms with E-state index < -0.39 is 0 Å². The van der Waals surface area contributed by atoms with Crippen LogP contribution in [0.4, 0.5) is 5.82 Å². The summed E-state index contributed by atoms with van der Waals surface area (Å²) in [6.07, 6.45) is 3.72. The summed E-state index contributed by atoms with van der Waals surface area (Å²) < 4.78 is 0. The highest BCUT2D eigenvalue weighted by molar-refractivity contribution is 6.29. The third-order valence-electron chi connectivity index (χ3n) is 3.58. The summed E-state index contributed by atoms with van der Waals surface area (Å²) in [6.45, 7) is 4.66. The van der Waals surface area contributed by atoms with Crippen molar-refractivity contribution in [2.24, 2.45) is 11.8 Å². The molecule has 0 aromatic carbocycles. The smallest absolute Gasteiger partial charge is 0.151 e. The largest absolute Gasteiger partial charge is 0.366 e. The summed E-state index contributed by atoms with van der Waals surface area (Å²) in [7, 11) is 0. The van der Waals surface area contributed by atoms with Gasteiger partial charge in [0.2, 0.25) is 0 Å². The van der Waals surface area contributed by atoms with E-state index in [0.717, 1.165) is 17.7 Å². The summed E-state index contributed by atoms with van der Waals surface area (Å²) in [5.74, 6) is 2.46. The summed E-state index contributed by atoms with van der Waals surface area (Å²) >= 11 is 5.70. The molecule has 3 atom stereocenters. The Morgan fingerprint density at radius 2 is 2.00 bits per heavy atom. The first-order valence-corrected chi connectivity index (χ1v) is 6.28. The van der Waals surface area contributed by atoms with Crippen LogP contribution >= 0.6 is 11.6 Å². The number of hydrogen-bond acceptors (Lipinski definition) is 3. The minimum absolute atomic E-state index is 0.441. The summed E-state index contributed by atoms with van der Waals surface area (Å²) in [5, 5.41) is 11.7. The van der Waals surface area contributed by atoms with Crippen LogP contribution in [0.1, 0.15) is 33.1 Å². The lowest BCUT2D eigenvalue weighted by molar-refractivity contribution is 0.260. The highest BCUT2D eigenvalue weighted by atomic mass is 35.5. The van der Waals surface area contributed by atoms with Gasteiger partial charge in [0, 0.05) is 6.04 Å². The van der Waals surface area contributed by atoms with Gasteiger partial charge in [-0.2, -0.15) is 0 Å². The second-order valence-corrected chi connectivity index (χ2v) is 5.24. The fourth-order valence-corrected chi connectivity index (χ4v) is 2.38. The van der Waals surface area contributed by atoms with Gasteiger partial charge >= 0.3 is 0 Å². The second-order valence-electron chi connectivity index (χ2n) is 4.85. The van der Waals surface area contributed by atoms with Crippen LogP contribution in [-0.2, 0) is 0 Å². The van der Waals surface area contributed by atoms with E-state index in [9.17, 15) is 0 Å². The zero-order chi connectivity index (χ0) is 11.5. The predicted molar refractivity (Wildman–Crippen MR) is 66.6 cm³/mol. The Kier molecular flexibility index (Phi) is 3.64. The fraction of sp³-hybridized carbons (Fsp3) is 0.667. The molecule has 3 nitrogen and oxygen atoms in total. The van der Waals surface area contributed by atoms with Crippen molar-refractivity contribution in [2.75, 3.05) is 5.32 Å². The molecule has 4 heteroatoms. The van der Waals surface area contributed by atoms with Crippen molar-refractivity contribution < 1.29 is 0 Å². The number of nitrogens with one attached hydrogen (secondary N) is 1. The maximum Gasteiger partial charge on any atom is 0.151 e. The molecule has 0 saturated heterocycles. The summed E-state index contributed by atoms with van der Waals surface area (Å²) in [4.78, 5) is 0. The van der Waals surface area contributed by atoms with Crippen LogP contribution in [-0.4, -0.2) is 16.2 Å². The first-order valence-electron chi connectivity index (χ1n) is 5.91. The Bertz CT molecular complexity index is 339. The van der Waals surface area contributed by atoms with Crippen LogP contribution in [0.2, 0.25) is 5.15 Å². The first kappa shape index (κ1) is 11.6. The van der Waals surface area contributed by atoms with Gasteiger partial charge in [0.1, 0.15) is 5.82 Å². The van der Waals surface area contributed by atoms with Gasteiger partial charge in [0.25, 0.3) is 0 Å². The molecule has 1 N–H and O–H groups in total. The van der Waals surface area contributed by atoms with Crippen LogP contribution in [0.15, 0.2) is 12.1 Å². The van der Waals surface area contributed by atoms with E-state index in [4.69, 9.17) is 11.6 Å². The van der Waals surface area contributed by atoms with E-state index in [1.165, 1.54) is 19.3 Å². The minimum Gasteiger partial charge on any atom is -0.366 e. The zero-order valence-corrected chi connectivity index (χ0v) is 10.5. The number of rotatable bonds is 2. The number of halogens is 1. The normalized spacial score (nSPS) is 30.1. The maximum atomic E-state index is 5.70. The molecule has 2 rings (SSSR count). The van der Waals surface area contributed by atoms with E-state index in [-0.39, 0.29) is 0 Å². The number of hydrogen-bond donors (Lipinski definition) is 1. The van der Waals surface area contributed by atoms with Crippen LogP contribution in [0, 0.1) is 11.8 Å². The quantitative estimate of drug-likeness (QED) is 0.860. The molecule has 0 bridgehead atoms. The fourth-order valence-electron chi connectivity index (χ4n) is 2.28. The number of anilines is 1. The Morgan fingerprint density at radius 3 is 2.62 bits per heavy atom. The highest BCUT2D eigenvalue weighted by Crippen LogP contribution is 2.30. The zero-order valence-electron chi connectivity index (χ0n) is 9.78. The van der Waals surface area contributed by atoms with Gasteiger partial charge in [-0.1, -0.05) is 25.4 Å². The van der Waals surface area contributed by atoms with Crippen LogP contribution < -0.4 is 5.32 Å². The molecule has 1 saturated carbocycles. The van der Waals surface area contributed by atoms with Crippen LogP contribution in [0.3, 0.4) is 0 Å². The third kappa shape index (κ3) is 2.85. The Morgan fingerprint density at radius 1 is 1.19 bits per heavy atom. The van der Waals surface area contributed by atoms with Gasteiger partial charge in [-0.25, -0.2) is 0 Å². The Balaban J connectivity index is 1.93. The van der Waals surface area contributed by atoms with Crippen molar-refractivity contribution in [1.29, 1.82) is 0 Å². The molecule has 0 radical (unpaired) electrons. The monoisotopic (exact) mass is 239 g/mol. The lowest BCUT2D eigenvalue weighted by Crippen LogP contribution is -2.30. The van der Waals surface area contributed by atoms with Crippen molar-refractivity contribution in [3.63, 3.8) is 0 Å². The van der Waals surface area contributed by atoms with Crippen LogP contribution in [0.25, 0.3) is 0 Å². The number of aromatic nitrogens is 2. The van der Waals surface area contributed by atoms with E-state index in [2.05, 4.69) is 29.4 Å². The molecule has 1 aromatic rings. The first-order chi connectivity index (χ1) is 7.65. The molecule has 1 heterocycles. The number of nitrogens with zero attached hydrogens (tertiary/aromatic N) is 2. The van der Waals surface area contributed by atoms with Crippen molar-refractivity contribution in [2.45, 2.75) is 39.2 Å². The molecule has 1 aliphatic rings. The second kappa shape index (κ2) is 5.00. The molecule has 3 unspecified atom stereocenters. The molecule has 1 fully saturated rings. The molecule has 88 valence electrons. The molecule has 0 amide bonds. The standard InChI is InChI=1S/C12H18ClN3/c1-8-3-4-10(7-9(8)2)14-12-6-5-11(13)15-16-12/h5-6,8-10H,3-4,7H2,1-2H3,(H,14,16). The molecule has 16 heavy (non-hydrogen) atoms. The molecule has 0 aliphatic heterocycles. The van der Waals surface area contributed by atoms with Gasteiger partial charge in [0.15, 0.2) is 5.15 Å². The molecule has 1 aliphatic carbocycles. The Labute approximate surface area is 102 Å². The third-order valence-corrected chi connectivity index (χ3v) is 3.78. The van der Waals surface area contributed by atoms with Gasteiger partial charge in [-0.3, -0.25) is 0 Å². The summed E-state index contributed by atoms with van der Waals surface area (Å²) in [5.41, 5.74) is 0. The van der Waals surface area contributed by atoms with E-state index in [1.54, 1.807) is 6.07 Å². The predicted octanol–water partition coefficient (Wildman–Crippen LogP) is 3.37. The Hall–Kier alpha value is -0.830. The lowest BCUT2D eigenvalue weighted by atomic mass is 9.79. The van der Waals surface area contributed by atoms with Gasteiger partial charge in [0.05, 0.1) is 0 Å². The topological polar surface area (TPSA) is 37.8 Å². The lowest BCUT2D eigenvalue weighted by Gasteiger charge is -2.32. The van der Waals surface area contributed by atoms with Crippen molar-refractivity contribution in [1.82, 2.24) is 10.2 Å². The minimum atomic E-state index is 0.441. The van der Waals surface area contributed by atoms with Crippen LogP contribution in [0.5, 0.6) is 0 Å². The molecule has 1 aromatic heterocycles. The average molecular weight is 240 g/mol. The van der Waals surface area contributed by atoms with Gasteiger partial charge in [-0.15, -0.1) is 10.2 Å². The van der Waals surface area contributed by atoms with Crippen molar-refractivity contribution in [3.05, 3.63) is 17.3 Å². The summed E-state index contributed by atoms with van der Waals surface area (Å²) in [6, 6.07) is 4.19. The van der Waals surface area contributed by atoms with Crippen molar-refractivity contribution in [3.8, 4) is 0 Å². The van der Waals surface area contributed by atoms with Gasteiger partial charge < -0.3 is 5.32 Å². The maximum absolute atomic E-state index is 5.70. The average Bonchev–Trinajstić information content (AvgIpc) is 2.27. The van der Waals surface area contributed by atoms with E-state index in [1.807, 2.05) is 6.07 Å². The molecular weight excluding hydrogens is 222 g/mol. The van der Waals surface area contributed by atoms with Crippen molar-refractivity contribution >= 4 is 17.4 Å².